The fourth-order valence-corrected chi connectivity index (χ4v) is 3.20. The quantitative estimate of drug-likeness (QED) is 0.182. The van der Waals surface area contributed by atoms with Gasteiger partial charge < -0.3 is 0 Å². The van der Waals surface area contributed by atoms with Crippen LogP contribution in [-0.2, 0) is 12.8 Å². The van der Waals surface area contributed by atoms with Crippen LogP contribution in [0, 0.1) is 41.5 Å². The highest BCUT2D eigenvalue weighted by Gasteiger charge is 1.86. The van der Waals surface area contributed by atoms with Crippen molar-refractivity contribution in [2.24, 2.45) is 0 Å². The van der Waals surface area contributed by atoms with Gasteiger partial charge in [0.15, 0.2) is 0 Å². The lowest BCUT2D eigenvalue weighted by Crippen LogP contribution is -1.78. The fraction of sp³-hybridized carbons (Fsp3) is 0.294. The van der Waals surface area contributed by atoms with Gasteiger partial charge in [-0.05, 0) is 65.5 Å². The first kappa shape index (κ1) is 36.5. The first-order chi connectivity index (χ1) is 16.2. The van der Waals surface area contributed by atoms with Crippen molar-refractivity contribution in [1.82, 2.24) is 0 Å². The Morgan fingerprint density at radius 1 is 0.361 bits per heavy atom. The lowest BCUT2D eigenvalue weighted by Gasteiger charge is -1.95. The number of hydrogen-bond acceptors (Lipinski definition) is 0. The van der Waals surface area contributed by atoms with E-state index in [9.17, 15) is 0 Å². The molecule has 0 spiro atoms. The summed E-state index contributed by atoms with van der Waals surface area (Å²) in [5.74, 6) is 0. The van der Waals surface area contributed by atoms with Gasteiger partial charge in [-0.15, -0.1) is 48.0 Å². The molecule has 36 heavy (non-hydrogen) atoms. The summed E-state index contributed by atoms with van der Waals surface area (Å²) in [6.45, 7) is 17.0. The van der Waals surface area contributed by atoms with Crippen LogP contribution < -0.4 is 0 Å². The molecule has 0 saturated heterocycles. The van der Waals surface area contributed by atoms with Gasteiger partial charge in [-0.1, -0.05) is 144 Å². The van der Waals surface area contributed by atoms with E-state index >= 15 is 0 Å². The zero-order valence-electron chi connectivity index (χ0n) is 23.5. The zero-order valence-corrected chi connectivity index (χ0v) is 28.1. The normalized spacial score (nSPS) is 8.89. The van der Waals surface area contributed by atoms with Gasteiger partial charge in [-0.25, -0.2) is 0 Å². The highest BCUT2D eigenvalue weighted by Crippen LogP contribution is 2.04. The standard InChI is InChI=1S/2C9H12.2C8H10.2HI/c1-3-9-6-4-8(2)5-7-9;1-3-9-6-4-5-8(2)7-9;1-7-3-5-8(2)6-4-7;1-7-4-3-5-8(2)6-7;;/h2*4-7H,3H2,1-2H3;2*3-6H,1-2H3;2*1H. The minimum Gasteiger partial charge on any atom is -0.107 e. The molecule has 0 radical (unpaired) electrons. The maximum absolute atomic E-state index is 2.22. The predicted octanol–water partition coefficient (Wildman–Crippen LogP) is 11.0. The Hall–Kier alpha value is -1.66. The summed E-state index contributed by atoms with van der Waals surface area (Å²) in [4.78, 5) is 0. The molecule has 4 rings (SSSR count). The summed E-state index contributed by atoms with van der Waals surface area (Å²) in [6.07, 6.45) is 2.28. The first-order valence-corrected chi connectivity index (χ1v) is 12.4. The zero-order chi connectivity index (χ0) is 25.3. The van der Waals surface area contributed by atoms with Crippen LogP contribution in [0.25, 0.3) is 0 Å². The summed E-state index contributed by atoms with van der Waals surface area (Å²) < 4.78 is 0. The van der Waals surface area contributed by atoms with E-state index in [4.69, 9.17) is 0 Å². The van der Waals surface area contributed by atoms with Gasteiger partial charge in [0.1, 0.15) is 0 Å². The highest BCUT2D eigenvalue weighted by molar-refractivity contribution is 14.0. The van der Waals surface area contributed by atoms with Crippen LogP contribution in [0.2, 0.25) is 0 Å². The second-order valence-electron chi connectivity index (χ2n) is 8.99. The third-order valence-corrected chi connectivity index (χ3v) is 5.41. The van der Waals surface area contributed by atoms with Gasteiger partial charge in [0, 0.05) is 0 Å². The van der Waals surface area contributed by atoms with E-state index < -0.39 is 0 Å². The Morgan fingerprint density at radius 3 is 0.972 bits per heavy atom. The molecule has 0 N–H and O–H groups in total. The molecule has 0 amide bonds. The molecule has 0 aliphatic heterocycles. The fourth-order valence-electron chi connectivity index (χ4n) is 3.20. The second-order valence-corrected chi connectivity index (χ2v) is 8.99. The summed E-state index contributed by atoms with van der Waals surface area (Å²) in [5.41, 5.74) is 10.9. The van der Waals surface area contributed by atoms with Crippen LogP contribution >= 0.6 is 48.0 Å². The SMILES string of the molecule is CCc1ccc(C)cc1.CCc1cccc(C)c1.Cc1ccc(C)cc1.Cc1cccc(C)c1.I.I. The van der Waals surface area contributed by atoms with Gasteiger partial charge in [0.2, 0.25) is 0 Å². The van der Waals surface area contributed by atoms with Crippen molar-refractivity contribution < 1.29 is 0 Å². The van der Waals surface area contributed by atoms with Crippen molar-refractivity contribution in [3.8, 4) is 0 Å². The largest absolute Gasteiger partial charge is 0.107 e. The van der Waals surface area contributed by atoms with Crippen LogP contribution in [0.4, 0.5) is 0 Å². The van der Waals surface area contributed by atoms with E-state index in [2.05, 4.69) is 152 Å². The van der Waals surface area contributed by atoms with E-state index in [0.29, 0.717) is 0 Å². The molecule has 0 atom stereocenters. The molecule has 0 nitrogen and oxygen atoms in total. The molecule has 2 heteroatoms. The lowest BCUT2D eigenvalue weighted by molar-refractivity contribution is 1.13. The number of rotatable bonds is 2. The average molecular weight is 709 g/mol. The Kier molecular flexibility index (Phi) is 21.7. The molecule has 0 aliphatic carbocycles. The summed E-state index contributed by atoms with van der Waals surface area (Å²) in [7, 11) is 0. The monoisotopic (exact) mass is 708 g/mol. The van der Waals surface area contributed by atoms with Crippen molar-refractivity contribution in [2.45, 2.75) is 68.2 Å². The van der Waals surface area contributed by atoms with Crippen molar-refractivity contribution in [3.05, 3.63) is 142 Å². The minimum atomic E-state index is 0. The van der Waals surface area contributed by atoms with E-state index in [1.165, 1.54) is 44.5 Å². The second kappa shape index (κ2) is 21.4. The molecule has 0 bridgehead atoms. The third-order valence-electron chi connectivity index (χ3n) is 5.41. The molecule has 4 aromatic rings. The van der Waals surface area contributed by atoms with E-state index in [-0.39, 0.29) is 48.0 Å². The Morgan fingerprint density at radius 2 is 0.694 bits per heavy atom. The Labute approximate surface area is 256 Å². The lowest BCUT2D eigenvalue weighted by atomic mass is 10.1. The molecular weight excluding hydrogens is 662 g/mol. The van der Waals surface area contributed by atoms with Crippen LogP contribution in [0.5, 0.6) is 0 Å². The Bertz CT molecular complexity index is 1030. The van der Waals surface area contributed by atoms with Crippen molar-refractivity contribution in [2.75, 3.05) is 0 Å². The molecule has 0 unspecified atom stereocenters. The Balaban J connectivity index is 0. The van der Waals surface area contributed by atoms with Gasteiger partial charge >= 0.3 is 0 Å². The van der Waals surface area contributed by atoms with Crippen LogP contribution in [-0.4, -0.2) is 0 Å². The van der Waals surface area contributed by atoms with Crippen LogP contribution in [0.1, 0.15) is 58.4 Å². The van der Waals surface area contributed by atoms with Gasteiger partial charge in [0.05, 0.1) is 0 Å². The van der Waals surface area contributed by atoms with Crippen molar-refractivity contribution >= 4 is 48.0 Å². The van der Waals surface area contributed by atoms with Gasteiger partial charge in [0.25, 0.3) is 0 Å². The van der Waals surface area contributed by atoms with Gasteiger partial charge in [-0.3, -0.25) is 0 Å². The van der Waals surface area contributed by atoms with Crippen LogP contribution in [0.15, 0.2) is 97.1 Å². The molecule has 0 aliphatic rings. The molecule has 0 saturated carbocycles. The van der Waals surface area contributed by atoms with Crippen molar-refractivity contribution in [1.29, 1.82) is 0 Å². The molecular formula is C34H46I2. The number of aryl methyl sites for hydroxylation is 8. The van der Waals surface area contributed by atoms with Gasteiger partial charge in [-0.2, -0.15) is 0 Å². The topological polar surface area (TPSA) is 0 Å². The van der Waals surface area contributed by atoms with Crippen LogP contribution in [0.3, 0.4) is 0 Å². The number of hydrogen-bond donors (Lipinski definition) is 0. The molecule has 0 heterocycles. The molecule has 4 aromatic carbocycles. The summed E-state index contributed by atoms with van der Waals surface area (Å²) in [6, 6.07) is 34.2. The van der Waals surface area contributed by atoms with Crippen molar-refractivity contribution in [3.63, 3.8) is 0 Å². The predicted molar refractivity (Wildman–Crippen MR) is 184 cm³/mol. The number of benzene rings is 4. The first-order valence-electron chi connectivity index (χ1n) is 12.4. The number of halogens is 2. The van der Waals surface area contributed by atoms with E-state index in [1.807, 2.05) is 0 Å². The summed E-state index contributed by atoms with van der Waals surface area (Å²) in [5, 5.41) is 0. The maximum atomic E-state index is 2.22. The minimum absolute atomic E-state index is 0. The molecule has 0 aromatic heterocycles. The maximum Gasteiger partial charge on any atom is -0.0307 e. The smallest absolute Gasteiger partial charge is 0.0307 e. The highest BCUT2D eigenvalue weighted by atomic mass is 127. The average Bonchev–Trinajstić information content (AvgIpc) is 2.82. The third kappa shape index (κ3) is 17.7. The van der Waals surface area contributed by atoms with E-state index in [0.717, 1.165) is 12.8 Å². The summed E-state index contributed by atoms with van der Waals surface area (Å²) >= 11 is 0. The molecule has 196 valence electrons. The molecule has 0 fully saturated rings. The van der Waals surface area contributed by atoms with E-state index in [1.54, 1.807) is 0 Å².